The van der Waals surface area contributed by atoms with E-state index < -0.39 is 24.3 Å². The Balaban J connectivity index is 1.16. The highest BCUT2D eigenvalue weighted by atomic mass is 16.3. The van der Waals surface area contributed by atoms with Crippen molar-refractivity contribution < 1.29 is 15.0 Å². The summed E-state index contributed by atoms with van der Waals surface area (Å²) in [7, 11) is 0. The van der Waals surface area contributed by atoms with Crippen LogP contribution in [0, 0.1) is 0 Å². The third kappa shape index (κ3) is 7.83. The lowest BCUT2D eigenvalue weighted by molar-refractivity contribution is -0.122. The van der Waals surface area contributed by atoms with E-state index in [-0.39, 0.29) is 18.2 Å². The lowest BCUT2D eigenvalue weighted by atomic mass is 9.91. The van der Waals surface area contributed by atoms with Gasteiger partial charge in [0, 0.05) is 37.7 Å². The van der Waals surface area contributed by atoms with Gasteiger partial charge >= 0.3 is 0 Å². The molecule has 4 atom stereocenters. The van der Waals surface area contributed by atoms with Crippen molar-refractivity contribution in [1.29, 1.82) is 0 Å². The van der Waals surface area contributed by atoms with E-state index in [1.807, 2.05) is 79.3 Å². The number of hydrogen-bond acceptors (Lipinski definition) is 9. The summed E-state index contributed by atoms with van der Waals surface area (Å²) in [6.07, 6.45) is 4.36. The molecule has 0 radical (unpaired) electrons. The van der Waals surface area contributed by atoms with Crippen LogP contribution in [0.5, 0.6) is 0 Å². The van der Waals surface area contributed by atoms with E-state index >= 15 is 0 Å². The van der Waals surface area contributed by atoms with Crippen molar-refractivity contribution in [3.05, 3.63) is 132 Å². The number of hydrogen-bond donors (Lipinski definition) is 5. The summed E-state index contributed by atoms with van der Waals surface area (Å²) in [5, 5.41) is 32.3. The van der Waals surface area contributed by atoms with Gasteiger partial charge < -0.3 is 35.3 Å². The molecular formula is C40H45N9O3. The molecule has 1 unspecified atom stereocenters. The standard InChI is InChI=1S/C40H45N9O3/c1-26(2)48-23-30(43-24-48)18-19-41-40-46-38(42-22-31(28-14-8-4-9-15-28)29-16-10-5-11-17-29)35-39(47-40)49(25-44-35)33-21-32(36(51)37(33)52)45-34(50)20-27-12-6-3-7-13-27/h3-17,23-26,31-33,36-37,51-52H,18-22H2,1-2H3,(H,45,50)(H2,41,42,46,47)/t32-,33?,36+,37-/m0/s1. The van der Waals surface area contributed by atoms with Crippen molar-refractivity contribution in [2.75, 3.05) is 23.7 Å². The minimum Gasteiger partial charge on any atom is -0.388 e. The van der Waals surface area contributed by atoms with Crippen LogP contribution in [0.1, 0.15) is 60.7 Å². The summed E-state index contributed by atoms with van der Waals surface area (Å²) in [4.78, 5) is 32.0. The van der Waals surface area contributed by atoms with Gasteiger partial charge in [-0.05, 0) is 37.0 Å². The largest absolute Gasteiger partial charge is 0.388 e. The van der Waals surface area contributed by atoms with E-state index in [0.29, 0.717) is 54.9 Å². The number of rotatable bonds is 14. The molecule has 52 heavy (non-hydrogen) atoms. The monoisotopic (exact) mass is 699 g/mol. The molecule has 3 heterocycles. The number of imidazole rings is 2. The highest BCUT2D eigenvalue weighted by Crippen LogP contribution is 2.35. The maximum absolute atomic E-state index is 12.9. The van der Waals surface area contributed by atoms with E-state index in [0.717, 1.165) is 11.3 Å². The maximum atomic E-state index is 12.9. The second-order valence-electron chi connectivity index (χ2n) is 13.7. The van der Waals surface area contributed by atoms with Gasteiger partial charge in [0.05, 0.1) is 36.9 Å². The van der Waals surface area contributed by atoms with Crippen LogP contribution in [0.4, 0.5) is 11.8 Å². The van der Waals surface area contributed by atoms with Crippen LogP contribution in [0.2, 0.25) is 0 Å². The Morgan fingerprint density at radius 2 is 1.52 bits per heavy atom. The molecule has 268 valence electrons. The van der Waals surface area contributed by atoms with Gasteiger partial charge in [-0.1, -0.05) is 91.0 Å². The molecule has 0 spiro atoms. The molecule has 0 aliphatic heterocycles. The van der Waals surface area contributed by atoms with Gasteiger partial charge in [0.25, 0.3) is 0 Å². The number of benzene rings is 3. The Bertz CT molecular complexity index is 2030. The Morgan fingerprint density at radius 3 is 2.17 bits per heavy atom. The minimum atomic E-state index is -1.16. The van der Waals surface area contributed by atoms with Crippen LogP contribution < -0.4 is 16.0 Å². The summed E-state index contributed by atoms with van der Waals surface area (Å²) >= 11 is 0. The summed E-state index contributed by atoms with van der Waals surface area (Å²) < 4.78 is 3.87. The summed E-state index contributed by atoms with van der Waals surface area (Å²) in [5.74, 6) is 0.766. The summed E-state index contributed by atoms with van der Waals surface area (Å²) in [5.41, 5.74) is 5.21. The number of aliphatic hydroxyl groups is 2. The molecular weight excluding hydrogens is 655 g/mol. The molecule has 12 nitrogen and oxygen atoms in total. The average Bonchev–Trinajstić information content (AvgIpc) is 3.88. The smallest absolute Gasteiger partial charge is 0.226 e. The zero-order valence-electron chi connectivity index (χ0n) is 29.4. The highest BCUT2D eigenvalue weighted by Gasteiger charge is 2.44. The predicted octanol–water partition coefficient (Wildman–Crippen LogP) is 4.90. The second-order valence-corrected chi connectivity index (χ2v) is 13.7. The van der Waals surface area contributed by atoms with Gasteiger partial charge in [0.15, 0.2) is 17.0 Å². The van der Waals surface area contributed by atoms with E-state index in [1.165, 1.54) is 11.1 Å². The van der Waals surface area contributed by atoms with Gasteiger partial charge in [0.2, 0.25) is 11.9 Å². The first-order valence-corrected chi connectivity index (χ1v) is 17.9. The average molecular weight is 700 g/mol. The zero-order chi connectivity index (χ0) is 36.0. The molecule has 0 bridgehead atoms. The fourth-order valence-corrected chi connectivity index (χ4v) is 6.92. The second kappa shape index (κ2) is 15.7. The van der Waals surface area contributed by atoms with Crippen LogP contribution in [-0.2, 0) is 17.6 Å². The molecule has 1 aliphatic carbocycles. The molecule has 3 aromatic heterocycles. The van der Waals surface area contributed by atoms with E-state index in [1.54, 1.807) is 10.9 Å². The van der Waals surface area contributed by atoms with Crippen LogP contribution in [0.15, 0.2) is 110 Å². The van der Waals surface area contributed by atoms with Gasteiger partial charge in [-0.3, -0.25) is 4.79 Å². The molecule has 1 aliphatic rings. The van der Waals surface area contributed by atoms with Crippen molar-refractivity contribution in [1.82, 2.24) is 34.4 Å². The number of amides is 1. The number of carbonyl (C=O) groups is 1. The number of fused-ring (bicyclic) bond motifs is 1. The van der Waals surface area contributed by atoms with Gasteiger partial charge in [-0.25, -0.2) is 9.97 Å². The third-order valence-corrected chi connectivity index (χ3v) is 9.78. The van der Waals surface area contributed by atoms with Crippen molar-refractivity contribution in [2.45, 2.75) is 69.4 Å². The molecule has 3 aromatic carbocycles. The molecule has 6 aromatic rings. The SMILES string of the molecule is CC(C)n1cnc(CCNc2nc(NCC(c3ccccc3)c3ccccc3)c3ncn(C4C[C@H](NC(=O)Cc5ccccc5)[C@@H](O)[C@H]4O)c3n2)c1. The lowest BCUT2D eigenvalue weighted by Crippen LogP contribution is -2.43. The third-order valence-electron chi connectivity index (χ3n) is 9.78. The molecule has 7 rings (SSSR count). The molecule has 12 heteroatoms. The van der Waals surface area contributed by atoms with Gasteiger partial charge in [-0.15, -0.1) is 0 Å². The molecule has 5 N–H and O–H groups in total. The number of aromatic nitrogens is 6. The van der Waals surface area contributed by atoms with Gasteiger partial charge in [0.1, 0.15) is 12.2 Å². The lowest BCUT2D eigenvalue weighted by Gasteiger charge is -2.20. The number of nitrogens with zero attached hydrogens (tertiary/aromatic N) is 6. The fourth-order valence-electron chi connectivity index (χ4n) is 6.92. The van der Waals surface area contributed by atoms with Crippen molar-refractivity contribution in [3.8, 4) is 0 Å². The first-order chi connectivity index (χ1) is 25.3. The molecule has 1 amide bonds. The molecule has 1 saturated carbocycles. The highest BCUT2D eigenvalue weighted by molar-refractivity contribution is 5.84. The predicted molar refractivity (Wildman–Crippen MR) is 201 cm³/mol. The Labute approximate surface area is 303 Å². The minimum absolute atomic E-state index is 0.0361. The number of aliphatic hydroxyl groups excluding tert-OH is 2. The van der Waals surface area contributed by atoms with Crippen LogP contribution in [-0.4, -0.2) is 76.5 Å². The topological polar surface area (TPSA) is 155 Å². The quantitative estimate of drug-likeness (QED) is 0.107. The Morgan fingerprint density at radius 1 is 0.846 bits per heavy atom. The van der Waals surface area contributed by atoms with Gasteiger partial charge in [-0.2, -0.15) is 9.97 Å². The fraction of sp³-hybridized carbons (Fsp3) is 0.325. The first kappa shape index (κ1) is 34.8. The maximum Gasteiger partial charge on any atom is 0.226 e. The van der Waals surface area contributed by atoms with E-state index in [4.69, 9.17) is 15.0 Å². The van der Waals surface area contributed by atoms with Crippen molar-refractivity contribution in [2.24, 2.45) is 0 Å². The van der Waals surface area contributed by atoms with Crippen molar-refractivity contribution in [3.63, 3.8) is 0 Å². The Kier molecular flexibility index (Phi) is 10.6. The van der Waals surface area contributed by atoms with E-state index in [9.17, 15) is 15.0 Å². The van der Waals surface area contributed by atoms with Crippen LogP contribution in [0.3, 0.4) is 0 Å². The normalized spacial score (nSPS) is 18.7. The first-order valence-electron chi connectivity index (χ1n) is 17.9. The Hall–Kier alpha value is -5.59. The molecule has 0 saturated heterocycles. The van der Waals surface area contributed by atoms with Crippen LogP contribution >= 0.6 is 0 Å². The van der Waals surface area contributed by atoms with Crippen molar-refractivity contribution >= 4 is 28.8 Å². The van der Waals surface area contributed by atoms with E-state index in [2.05, 4.69) is 63.6 Å². The number of anilines is 2. The number of nitrogens with one attached hydrogen (secondary N) is 3. The van der Waals surface area contributed by atoms with Crippen LogP contribution in [0.25, 0.3) is 11.2 Å². The number of carbonyl (C=O) groups excluding carboxylic acids is 1. The summed E-state index contributed by atoms with van der Waals surface area (Å²) in [6.45, 7) is 5.32. The zero-order valence-corrected chi connectivity index (χ0v) is 29.4. The summed E-state index contributed by atoms with van der Waals surface area (Å²) in [6, 6.07) is 29.2. The molecule has 1 fully saturated rings.